The summed E-state index contributed by atoms with van der Waals surface area (Å²) in [6.07, 6.45) is 0. The van der Waals surface area contributed by atoms with E-state index >= 15 is 0 Å². The van der Waals surface area contributed by atoms with E-state index in [0.29, 0.717) is 5.56 Å². The molecule has 0 fully saturated rings. The van der Waals surface area contributed by atoms with Crippen LogP contribution in [0.5, 0.6) is 0 Å². The van der Waals surface area contributed by atoms with Crippen molar-refractivity contribution in [1.29, 1.82) is 0 Å². The number of rotatable bonds is 4. The minimum Gasteiger partial charge on any atom is -0.380 e. The minimum atomic E-state index is -0.705. The number of hydrogen-bond acceptors (Lipinski definition) is 4. The van der Waals surface area contributed by atoms with Crippen molar-refractivity contribution in [2.75, 3.05) is 7.11 Å². The Kier molecular flexibility index (Phi) is 3.81. The Balaban J connectivity index is 3.36. The maximum atomic E-state index is 11.1. The lowest BCUT2D eigenvalue weighted by atomic mass is 10.1. The molecular weight excluding hydrogens is 236 g/mol. The number of nitrogens with two attached hydrogens (primary N) is 1. The Bertz CT molecular complexity index is 447. The molecule has 1 rings (SSSR count). The van der Waals surface area contributed by atoms with Gasteiger partial charge in [0.15, 0.2) is 0 Å². The van der Waals surface area contributed by atoms with Gasteiger partial charge in [-0.15, -0.1) is 0 Å². The van der Waals surface area contributed by atoms with Crippen LogP contribution in [-0.2, 0) is 11.3 Å². The van der Waals surface area contributed by atoms with Gasteiger partial charge >= 0.3 is 0 Å². The van der Waals surface area contributed by atoms with Gasteiger partial charge in [-0.2, -0.15) is 0 Å². The first kappa shape index (κ1) is 12.4. The third kappa shape index (κ3) is 2.47. The van der Waals surface area contributed by atoms with E-state index in [1.54, 1.807) is 0 Å². The largest absolute Gasteiger partial charge is 0.380 e. The van der Waals surface area contributed by atoms with E-state index in [2.05, 4.69) is 0 Å². The minimum absolute atomic E-state index is 0.0519. The average molecular weight is 245 g/mol. The lowest BCUT2D eigenvalue weighted by Gasteiger charge is -2.06. The number of nitrogens with zero attached hydrogens (tertiary/aromatic N) is 1. The SMILES string of the molecule is COCc1cc([N+](=O)[O-])c(Cl)cc1C(N)=O. The van der Waals surface area contributed by atoms with Crippen molar-refractivity contribution in [1.82, 2.24) is 0 Å². The van der Waals surface area contributed by atoms with Gasteiger partial charge in [0.25, 0.3) is 5.69 Å². The molecule has 0 heterocycles. The number of halogens is 1. The molecule has 16 heavy (non-hydrogen) atoms. The maximum Gasteiger partial charge on any atom is 0.288 e. The highest BCUT2D eigenvalue weighted by Gasteiger charge is 2.18. The Morgan fingerprint density at radius 1 is 1.62 bits per heavy atom. The first-order valence-electron chi connectivity index (χ1n) is 4.23. The number of nitro groups is 1. The molecule has 86 valence electrons. The fourth-order valence-electron chi connectivity index (χ4n) is 1.25. The number of ether oxygens (including phenoxy) is 1. The second-order valence-electron chi connectivity index (χ2n) is 3.02. The highest BCUT2D eigenvalue weighted by Crippen LogP contribution is 2.28. The highest BCUT2D eigenvalue weighted by molar-refractivity contribution is 6.33. The molecule has 0 aliphatic carbocycles. The van der Waals surface area contributed by atoms with Crippen LogP contribution in [0, 0.1) is 10.1 Å². The molecule has 1 aromatic rings. The number of carbonyl (C=O) groups excluding carboxylic acids is 1. The summed E-state index contributed by atoms with van der Waals surface area (Å²) in [5.74, 6) is -0.705. The molecule has 0 bridgehead atoms. The van der Waals surface area contributed by atoms with Crippen LogP contribution in [0.1, 0.15) is 15.9 Å². The lowest BCUT2D eigenvalue weighted by Crippen LogP contribution is -2.14. The Morgan fingerprint density at radius 3 is 2.69 bits per heavy atom. The lowest BCUT2D eigenvalue weighted by molar-refractivity contribution is -0.384. The molecular formula is C9H9ClN2O4. The highest BCUT2D eigenvalue weighted by atomic mass is 35.5. The van der Waals surface area contributed by atoms with Crippen LogP contribution in [-0.4, -0.2) is 17.9 Å². The molecule has 0 aliphatic rings. The molecule has 1 aromatic carbocycles. The van der Waals surface area contributed by atoms with Crippen molar-refractivity contribution < 1.29 is 14.5 Å². The van der Waals surface area contributed by atoms with Crippen molar-refractivity contribution in [2.24, 2.45) is 5.73 Å². The van der Waals surface area contributed by atoms with E-state index in [4.69, 9.17) is 22.1 Å². The number of primary amides is 1. The van der Waals surface area contributed by atoms with Gasteiger partial charge in [0, 0.05) is 18.7 Å². The second kappa shape index (κ2) is 4.91. The number of hydrogen-bond donors (Lipinski definition) is 1. The third-order valence-electron chi connectivity index (χ3n) is 1.93. The monoisotopic (exact) mass is 244 g/mol. The molecule has 0 aliphatic heterocycles. The Hall–Kier alpha value is -1.66. The first-order valence-corrected chi connectivity index (χ1v) is 4.60. The zero-order valence-corrected chi connectivity index (χ0v) is 9.15. The molecule has 0 unspecified atom stereocenters. The number of amides is 1. The van der Waals surface area contributed by atoms with Crippen molar-refractivity contribution in [2.45, 2.75) is 6.61 Å². The van der Waals surface area contributed by atoms with Gasteiger partial charge in [0.05, 0.1) is 11.5 Å². The van der Waals surface area contributed by atoms with Crippen molar-refractivity contribution in [3.05, 3.63) is 38.4 Å². The summed E-state index contributed by atoms with van der Waals surface area (Å²) in [5.41, 5.74) is 5.30. The van der Waals surface area contributed by atoms with Gasteiger partial charge in [-0.1, -0.05) is 11.6 Å². The molecule has 1 amide bonds. The van der Waals surface area contributed by atoms with E-state index in [1.165, 1.54) is 19.2 Å². The van der Waals surface area contributed by atoms with Gasteiger partial charge in [-0.3, -0.25) is 14.9 Å². The van der Waals surface area contributed by atoms with E-state index in [9.17, 15) is 14.9 Å². The van der Waals surface area contributed by atoms with Gasteiger partial charge in [-0.05, 0) is 11.6 Å². The summed E-state index contributed by atoms with van der Waals surface area (Å²) in [5, 5.41) is 10.5. The molecule has 0 aromatic heterocycles. The van der Waals surface area contributed by atoms with E-state index < -0.39 is 10.8 Å². The predicted molar refractivity (Wildman–Crippen MR) is 57.3 cm³/mol. The summed E-state index contributed by atoms with van der Waals surface area (Å²) < 4.78 is 4.82. The predicted octanol–water partition coefficient (Wildman–Crippen LogP) is 1.49. The Labute approximate surface area is 96.1 Å². The molecule has 0 atom stereocenters. The quantitative estimate of drug-likeness (QED) is 0.641. The van der Waals surface area contributed by atoms with Crippen LogP contribution >= 0.6 is 11.6 Å². The topological polar surface area (TPSA) is 95.5 Å². The average Bonchev–Trinajstić information content (AvgIpc) is 2.19. The van der Waals surface area contributed by atoms with Gasteiger partial charge in [0.2, 0.25) is 5.91 Å². The normalized spacial score (nSPS) is 10.1. The standard InChI is InChI=1S/C9H9ClN2O4/c1-16-4-5-2-8(12(14)15)7(10)3-6(5)9(11)13/h2-3H,4H2,1H3,(H2,11,13). The van der Waals surface area contributed by atoms with E-state index in [0.717, 1.165) is 0 Å². The van der Waals surface area contributed by atoms with Crippen LogP contribution in [0.2, 0.25) is 5.02 Å². The van der Waals surface area contributed by atoms with E-state index in [-0.39, 0.29) is 22.9 Å². The van der Waals surface area contributed by atoms with Crippen LogP contribution in [0.15, 0.2) is 12.1 Å². The van der Waals surface area contributed by atoms with Crippen molar-refractivity contribution >= 4 is 23.2 Å². The van der Waals surface area contributed by atoms with Gasteiger partial charge in [-0.25, -0.2) is 0 Å². The van der Waals surface area contributed by atoms with Gasteiger partial charge < -0.3 is 10.5 Å². The number of carbonyl (C=O) groups is 1. The zero-order chi connectivity index (χ0) is 12.3. The molecule has 6 nitrogen and oxygen atoms in total. The fraction of sp³-hybridized carbons (Fsp3) is 0.222. The summed E-state index contributed by atoms with van der Waals surface area (Å²) in [7, 11) is 1.41. The molecule has 0 saturated heterocycles. The van der Waals surface area contributed by atoms with Crippen molar-refractivity contribution in [3.63, 3.8) is 0 Å². The third-order valence-corrected chi connectivity index (χ3v) is 2.24. The second-order valence-corrected chi connectivity index (χ2v) is 3.42. The summed E-state index contributed by atoms with van der Waals surface area (Å²) in [4.78, 5) is 21.1. The van der Waals surface area contributed by atoms with Gasteiger partial charge in [0.1, 0.15) is 5.02 Å². The summed E-state index contributed by atoms with van der Waals surface area (Å²) in [6.45, 7) is 0.0519. The number of benzene rings is 1. The molecule has 0 saturated carbocycles. The molecule has 2 N–H and O–H groups in total. The maximum absolute atomic E-state index is 11.1. The fourth-order valence-corrected chi connectivity index (χ4v) is 1.48. The summed E-state index contributed by atoms with van der Waals surface area (Å²) >= 11 is 5.65. The smallest absolute Gasteiger partial charge is 0.288 e. The number of methoxy groups -OCH3 is 1. The van der Waals surface area contributed by atoms with E-state index in [1.807, 2.05) is 0 Å². The summed E-state index contributed by atoms with van der Waals surface area (Å²) in [6, 6.07) is 2.36. The molecule has 7 heteroatoms. The first-order chi connectivity index (χ1) is 7.47. The van der Waals surface area contributed by atoms with Crippen LogP contribution in [0.25, 0.3) is 0 Å². The molecule has 0 spiro atoms. The van der Waals surface area contributed by atoms with Crippen LogP contribution in [0.4, 0.5) is 5.69 Å². The number of nitro benzene ring substituents is 1. The van der Waals surface area contributed by atoms with Crippen molar-refractivity contribution in [3.8, 4) is 0 Å². The molecule has 0 radical (unpaired) electrons. The van der Waals surface area contributed by atoms with Crippen LogP contribution < -0.4 is 5.73 Å². The Morgan fingerprint density at radius 2 is 2.25 bits per heavy atom. The van der Waals surface area contributed by atoms with Crippen LogP contribution in [0.3, 0.4) is 0 Å². The zero-order valence-electron chi connectivity index (χ0n) is 8.40.